The van der Waals surface area contributed by atoms with Crippen LogP contribution in [-0.2, 0) is 21.7 Å². The molecule has 1 saturated heterocycles. The highest BCUT2D eigenvalue weighted by Gasteiger charge is 2.61. The lowest BCUT2D eigenvalue weighted by Gasteiger charge is -2.21. The zero-order valence-electron chi connectivity index (χ0n) is 12.5. The Morgan fingerprint density at radius 1 is 1.20 bits per heavy atom. The van der Waals surface area contributed by atoms with Gasteiger partial charge in [-0.1, -0.05) is 29.3 Å². The summed E-state index contributed by atoms with van der Waals surface area (Å²) in [5, 5.41) is 5.01. The summed E-state index contributed by atoms with van der Waals surface area (Å²) in [4.78, 5) is 42.7. The molecule has 3 heterocycles. The van der Waals surface area contributed by atoms with Gasteiger partial charge in [-0.05, 0) is 23.8 Å². The molecule has 0 radical (unpaired) electrons. The molecule has 2 N–H and O–H groups in total. The third-order valence-electron chi connectivity index (χ3n) is 4.20. The van der Waals surface area contributed by atoms with Crippen molar-refractivity contribution in [1.82, 2.24) is 15.6 Å². The normalized spacial score (nSPS) is 21.5. The smallest absolute Gasteiger partial charge is 0.312 e. The van der Waals surface area contributed by atoms with Crippen molar-refractivity contribution in [2.45, 2.75) is 12.1 Å². The van der Waals surface area contributed by atoms with Crippen molar-refractivity contribution < 1.29 is 14.4 Å². The largest absolute Gasteiger partial charge is 0.323 e. The van der Waals surface area contributed by atoms with Gasteiger partial charge in [0.15, 0.2) is 0 Å². The van der Waals surface area contributed by atoms with Gasteiger partial charge in [-0.15, -0.1) is 0 Å². The predicted molar refractivity (Wildman–Crippen MR) is 90.2 cm³/mol. The number of imide groups is 1. The number of fused-ring (bicyclic) bond motifs is 2. The van der Waals surface area contributed by atoms with Crippen molar-refractivity contribution in [1.29, 1.82) is 0 Å². The second-order valence-electron chi connectivity index (χ2n) is 5.69. The minimum Gasteiger partial charge on any atom is -0.312 e. The fraction of sp³-hybridized carbons (Fsp3) is 0.125. The molecule has 9 heteroatoms. The second-order valence-corrected chi connectivity index (χ2v) is 6.54. The number of aromatic nitrogens is 1. The van der Waals surface area contributed by atoms with Gasteiger partial charge in [0, 0.05) is 23.0 Å². The molecule has 2 aliphatic heterocycles. The van der Waals surface area contributed by atoms with Crippen molar-refractivity contribution in [2.24, 2.45) is 0 Å². The van der Waals surface area contributed by atoms with Gasteiger partial charge >= 0.3 is 6.03 Å². The molecule has 2 aromatic rings. The van der Waals surface area contributed by atoms with Crippen LogP contribution >= 0.6 is 23.2 Å². The molecular weight excluding hydrogens is 367 g/mol. The van der Waals surface area contributed by atoms with Crippen molar-refractivity contribution in [3.63, 3.8) is 0 Å². The van der Waals surface area contributed by atoms with Crippen molar-refractivity contribution >= 4 is 46.7 Å². The number of pyridine rings is 1. The maximum atomic E-state index is 13.1. The average Bonchev–Trinajstić information content (AvgIpc) is 2.99. The van der Waals surface area contributed by atoms with E-state index in [1.807, 2.05) is 0 Å². The van der Waals surface area contributed by atoms with Crippen LogP contribution in [0, 0.1) is 0 Å². The second kappa shape index (κ2) is 5.44. The Morgan fingerprint density at radius 2 is 2.00 bits per heavy atom. The highest BCUT2D eigenvalue weighted by molar-refractivity contribution is 6.39. The zero-order chi connectivity index (χ0) is 17.8. The molecule has 1 aromatic carbocycles. The molecule has 25 heavy (non-hydrogen) atoms. The lowest BCUT2D eigenvalue weighted by Crippen LogP contribution is -2.52. The predicted octanol–water partition coefficient (Wildman–Crippen LogP) is 1.97. The number of rotatable bonds is 2. The van der Waals surface area contributed by atoms with E-state index < -0.39 is 23.4 Å². The van der Waals surface area contributed by atoms with Gasteiger partial charge in [-0.25, -0.2) is 4.79 Å². The van der Waals surface area contributed by atoms with Crippen LogP contribution in [0.4, 0.5) is 10.5 Å². The monoisotopic (exact) mass is 376 g/mol. The van der Waals surface area contributed by atoms with E-state index in [2.05, 4.69) is 15.6 Å². The lowest BCUT2D eigenvalue weighted by molar-refractivity contribution is -0.134. The molecular formula is C16H10Cl2N4O3. The summed E-state index contributed by atoms with van der Waals surface area (Å²) in [6.45, 7) is 0.145. The van der Waals surface area contributed by atoms with Crippen LogP contribution in [0.1, 0.15) is 11.1 Å². The van der Waals surface area contributed by atoms with E-state index in [9.17, 15) is 14.4 Å². The van der Waals surface area contributed by atoms with E-state index in [-0.39, 0.29) is 22.2 Å². The fourth-order valence-corrected chi connectivity index (χ4v) is 3.76. The van der Waals surface area contributed by atoms with Gasteiger partial charge in [-0.2, -0.15) is 0 Å². The number of carbonyl (C=O) groups is 3. The third-order valence-corrected chi connectivity index (χ3v) is 4.71. The van der Waals surface area contributed by atoms with E-state index >= 15 is 0 Å². The Bertz CT molecular complexity index is 934. The average molecular weight is 377 g/mol. The highest BCUT2D eigenvalue weighted by Crippen LogP contribution is 2.47. The Kier molecular flexibility index (Phi) is 3.45. The first-order valence-corrected chi connectivity index (χ1v) is 8.03. The van der Waals surface area contributed by atoms with Crippen LogP contribution in [0.2, 0.25) is 10.0 Å². The Labute approximate surface area is 151 Å². The summed E-state index contributed by atoms with van der Waals surface area (Å²) >= 11 is 12.4. The van der Waals surface area contributed by atoms with Crippen molar-refractivity contribution in [2.75, 3.05) is 4.90 Å². The van der Waals surface area contributed by atoms with Gasteiger partial charge in [0.25, 0.3) is 11.8 Å². The molecule has 1 unspecified atom stereocenters. The molecule has 0 saturated carbocycles. The van der Waals surface area contributed by atoms with Crippen LogP contribution in [0.5, 0.6) is 0 Å². The molecule has 1 spiro atoms. The summed E-state index contributed by atoms with van der Waals surface area (Å²) in [5.41, 5.74) is -0.516. The molecule has 4 rings (SSSR count). The summed E-state index contributed by atoms with van der Waals surface area (Å²) in [6.07, 6.45) is 3.22. The van der Waals surface area contributed by atoms with Crippen LogP contribution in [0.25, 0.3) is 0 Å². The van der Waals surface area contributed by atoms with Crippen molar-refractivity contribution in [3.05, 3.63) is 57.8 Å². The van der Waals surface area contributed by atoms with E-state index in [0.717, 1.165) is 5.56 Å². The van der Waals surface area contributed by atoms with Gasteiger partial charge in [0.1, 0.15) is 0 Å². The summed E-state index contributed by atoms with van der Waals surface area (Å²) < 4.78 is 0. The summed E-state index contributed by atoms with van der Waals surface area (Å²) in [7, 11) is 0. The minimum atomic E-state index is -1.86. The SMILES string of the molecule is O=C1NC(=O)C2(N1)C(=O)N(Cc1cccnc1)c1c(Cl)cc(Cl)cc12. The highest BCUT2D eigenvalue weighted by atomic mass is 35.5. The van der Waals surface area contributed by atoms with E-state index in [4.69, 9.17) is 23.2 Å². The number of carbonyl (C=O) groups excluding carboxylic acids is 3. The number of nitrogens with zero attached hydrogens (tertiary/aromatic N) is 2. The van der Waals surface area contributed by atoms with Crippen LogP contribution in [0.15, 0.2) is 36.7 Å². The topological polar surface area (TPSA) is 91.4 Å². The molecule has 4 amide bonds. The molecule has 7 nitrogen and oxygen atoms in total. The lowest BCUT2D eigenvalue weighted by atomic mass is 9.91. The zero-order valence-corrected chi connectivity index (χ0v) is 14.1. The standard InChI is InChI=1S/C16H10Cl2N4O3/c17-9-4-10-12(11(18)5-9)22(7-8-2-1-3-19-6-8)14(24)16(10)13(23)20-15(25)21-16/h1-6H,7H2,(H2,20,21,23,25). The molecule has 0 aliphatic carbocycles. The van der Waals surface area contributed by atoms with Gasteiger partial charge in [0.05, 0.1) is 17.3 Å². The van der Waals surface area contributed by atoms with E-state index in [1.165, 1.54) is 17.0 Å². The first-order valence-electron chi connectivity index (χ1n) is 7.27. The number of hydrogen-bond acceptors (Lipinski definition) is 4. The first-order chi connectivity index (χ1) is 11.9. The Hall–Kier alpha value is -2.64. The number of hydrogen-bond donors (Lipinski definition) is 2. The van der Waals surface area contributed by atoms with Gasteiger partial charge in [-0.3, -0.25) is 19.9 Å². The van der Waals surface area contributed by atoms with Crippen LogP contribution in [-0.4, -0.2) is 22.8 Å². The molecule has 2 aliphatic rings. The minimum absolute atomic E-state index is 0.145. The molecule has 0 bridgehead atoms. The number of benzene rings is 1. The molecule has 126 valence electrons. The van der Waals surface area contributed by atoms with Gasteiger partial charge in [0.2, 0.25) is 5.54 Å². The summed E-state index contributed by atoms with van der Waals surface area (Å²) in [6, 6.07) is 5.74. The quantitative estimate of drug-likeness (QED) is 0.619. The third kappa shape index (κ3) is 2.20. The Morgan fingerprint density at radius 3 is 2.64 bits per heavy atom. The van der Waals surface area contributed by atoms with E-state index in [1.54, 1.807) is 24.5 Å². The van der Waals surface area contributed by atoms with Crippen LogP contribution < -0.4 is 15.5 Å². The fourth-order valence-electron chi connectivity index (χ4n) is 3.17. The maximum Gasteiger partial charge on any atom is 0.323 e. The number of nitrogens with one attached hydrogen (secondary N) is 2. The number of urea groups is 1. The molecule has 1 atom stereocenters. The molecule has 1 fully saturated rings. The van der Waals surface area contributed by atoms with Crippen molar-refractivity contribution in [3.8, 4) is 0 Å². The number of anilines is 1. The number of amides is 4. The van der Waals surface area contributed by atoms with Crippen LogP contribution in [0.3, 0.4) is 0 Å². The summed E-state index contributed by atoms with van der Waals surface area (Å²) in [5.74, 6) is -1.35. The molecule has 1 aromatic heterocycles. The van der Waals surface area contributed by atoms with Gasteiger partial charge < -0.3 is 10.2 Å². The Balaban J connectivity index is 1.90. The maximum absolute atomic E-state index is 13.1. The van der Waals surface area contributed by atoms with E-state index in [0.29, 0.717) is 5.69 Å². The number of halogens is 2. The first kappa shape index (κ1) is 15.9.